The zero-order valence-corrected chi connectivity index (χ0v) is 13.4. The third-order valence-electron chi connectivity index (χ3n) is 4.13. The lowest BCUT2D eigenvalue weighted by molar-refractivity contribution is -0.186. The summed E-state index contributed by atoms with van der Waals surface area (Å²) in [5.74, 6) is -1.57. The van der Waals surface area contributed by atoms with Crippen LogP contribution >= 0.6 is 0 Å². The van der Waals surface area contributed by atoms with Crippen molar-refractivity contribution in [1.29, 1.82) is 0 Å². The summed E-state index contributed by atoms with van der Waals surface area (Å²) in [7, 11) is 1.43. The minimum absolute atomic E-state index is 0.0133. The Morgan fingerprint density at radius 2 is 2.00 bits per heavy atom. The average Bonchev–Trinajstić information content (AvgIpc) is 3.01. The fraction of sp³-hybridized carbons (Fsp3) is 0.438. The molecule has 0 spiro atoms. The molecule has 1 aromatic heterocycles. The summed E-state index contributed by atoms with van der Waals surface area (Å²) >= 11 is 0. The molecular weight excluding hydrogens is 339 g/mol. The van der Waals surface area contributed by atoms with Crippen LogP contribution in [0.4, 0.5) is 13.2 Å². The van der Waals surface area contributed by atoms with E-state index >= 15 is 0 Å². The minimum Gasteiger partial charge on any atom is -0.329 e. The molecule has 134 valence electrons. The zero-order chi connectivity index (χ0) is 18.0. The van der Waals surface area contributed by atoms with E-state index in [4.69, 9.17) is 4.84 Å². The van der Waals surface area contributed by atoms with Gasteiger partial charge in [0.25, 0.3) is 0 Å². The maximum absolute atomic E-state index is 12.5. The molecule has 0 radical (unpaired) electrons. The van der Waals surface area contributed by atoms with E-state index in [1.165, 1.54) is 12.2 Å². The van der Waals surface area contributed by atoms with Crippen molar-refractivity contribution in [1.82, 2.24) is 15.2 Å². The highest BCUT2D eigenvalue weighted by Crippen LogP contribution is 2.30. The summed E-state index contributed by atoms with van der Waals surface area (Å²) in [6.45, 7) is 0.256. The van der Waals surface area contributed by atoms with Crippen LogP contribution < -0.4 is 0 Å². The van der Waals surface area contributed by atoms with E-state index in [1.54, 1.807) is 24.3 Å². The van der Waals surface area contributed by atoms with Crippen molar-refractivity contribution in [2.24, 2.45) is 5.92 Å². The highest BCUT2D eigenvalue weighted by molar-refractivity contribution is 5.78. The van der Waals surface area contributed by atoms with Gasteiger partial charge in [-0.25, -0.2) is 5.06 Å². The smallest absolute Gasteiger partial charge is 0.329 e. The number of halogens is 3. The molecule has 2 aromatic rings. The van der Waals surface area contributed by atoms with Crippen LogP contribution in [0, 0.1) is 5.92 Å². The van der Waals surface area contributed by atoms with E-state index in [1.807, 2.05) is 0 Å². The Bertz CT molecular complexity index is 739. The monoisotopic (exact) mass is 355 g/mol. The van der Waals surface area contributed by atoms with E-state index in [0.717, 1.165) is 24.8 Å². The Hall–Kier alpha value is -2.42. The summed E-state index contributed by atoms with van der Waals surface area (Å²) < 4.78 is 41.7. The van der Waals surface area contributed by atoms with Crippen molar-refractivity contribution in [3.05, 3.63) is 35.7 Å². The maximum atomic E-state index is 12.5. The van der Waals surface area contributed by atoms with Gasteiger partial charge < -0.3 is 4.52 Å². The Labute approximate surface area is 141 Å². The fourth-order valence-corrected chi connectivity index (χ4v) is 2.47. The van der Waals surface area contributed by atoms with Gasteiger partial charge in [-0.3, -0.25) is 9.63 Å². The molecule has 1 heterocycles. The number of amides is 1. The third kappa shape index (κ3) is 3.81. The van der Waals surface area contributed by atoms with Crippen LogP contribution in [0.5, 0.6) is 0 Å². The van der Waals surface area contributed by atoms with E-state index in [9.17, 15) is 18.0 Å². The number of hydrogen-bond donors (Lipinski definition) is 0. The number of aromatic nitrogens is 2. The molecule has 0 atom stereocenters. The third-order valence-corrected chi connectivity index (χ3v) is 4.13. The predicted octanol–water partition coefficient (Wildman–Crippen LogP) is 3.45. The second kappa shape index (κ2) is 6.83. The topological polar surface area (TPSA) is 68.5 Å². The number of benzene rings is 1. The second-order valence-corrected chi connectivity index (χ2v) is 5.80. The Morgan fingerprint density at radius 1 is 1.32 bits per heavy atom. The van der Waals surface area contributed by atoms with Crippen molar-refractivity contribution in [3.8, 4) is 11.4 Å². The molecule has 1 aliphatic carbocycles. The molecule has 1 saturated carbocycles. The van der Waals surface area contributed by atoms with Gasteiger partial charge in [-0.05, 0) is 18.4 Å². The average molecular weight is 355 g/mol. The SMILES string of the molecule is CON(Cc1ccc(-c2noc(C(F)(F)F)n2)cc1)C(=O)C1CCC1. The van der Waals surface area contributed by atoms with Crippen LogP contribution in [-0.4, -0.2) is 28.2 Å². The van der Waals surface area contributed by atoms with Crippen LogP contribution in [0.15, 0.2) is 28.8 Å². The van der Waals surface area contributed by atoms with Gasteiger partial charge in [0.05, 0.1) is 13.7 Å². The molecule has 3 rings (SSSR count). The first-order valence-corrected chi connectivity index (χ1v) is 7.74. The molecule has 0 aliphatic heterocycles. The predicted molar refractivity (Wildman–Crippen MR) is 79.6 cm³/mol. The van der Waals surface area contributed by atoms with Crippen molar-refractivity contribution >= 4 is 5.91 Å². The van der Waals surface area contributed by atoms with Gasteiger partial charge in [-0.15, -0.1) is 0 Å². The Balaban J connectivity index is 1.69. The molecule has 0 saturated heterocycles. The molecule has 0 N–H and O–H groups in total. The Morgan fingerprint density at radius 3 is 2.48 bits per heavy atom. The summed E-state index contributed by atoms with van der Waals surface area (Å²) in [5, 5.41) is 4.63. The summed E-state index contributed by atoms with van der Waals surface area (Å²) in [6, 6.07) is 6.50. The molecule has 0 bridgehead atoms. The van der Waals surface area contributed by atoms with Gasteiger partial charge in [0.15, 0.2) is 0 Å². The molecular formula is C16H16F3N3O3. The summed E-state index contributed by atoms with van der Waals surface area (Å²) in [4.78, 5) is 20.7. The van der Waals surface area contributed by atoms with Crippen LogP contribution in [0.3, 0.4) is 0 Å². The molecule has 1 fully saturated rings. The first kappa shape index (κ1) is 17.4. The van der Waals surface area contributed by atoms with Crippen molar-refractivity contribution in [3.63, 3.8) is 0 Å². The number of carbonyl (C=O) groups is 1. The van der Waals surface area contributed by atoms with Crippen LogP contribution in [0.25, 0.3) is 11.4 Å². The molecule has 25 heavy (non-hydrogen) atoms. The lowest BCUT2D eigenvalue weighted by atomic mass is 9.84. The largest absolute Gasteiger partial charge is 0.471 e. The molecule has 9 heteroatoms. The normalized spacial score (nSPS) is 15.0. The molecule has 1 amide bonds. The first-order valence-electron chi connectivity index (χ1n) is 7.74. The Kier molecular flexibility index (Phi) is 4.76. The van der Waals surface area contributed by atoms with E-state index < -0.39 is 12.1 Å². The zero-order valence-electron chi connectivity index (χ0n) is 13.4. The van der Waals surface area contributed by atoms with E-state index in [0.29, 0.717) is 5.56 Å². The minimum atomic E-state index is -4.67. The van der Waals surface area contributed by atoms with Crippen LogP contribution in [0.1, 0.15) is 30.7 Å². The van der Waals surface area contributed by atoms with Gasteiger partial charge in [-0.1, -0.05) is 35.8 Å². The quantitative estimate of drug-likeness (QED) is 0.769. The van der Waals surface area contributed by atoms with Gasteiger partial charge in [-0.2, -0.15) is 18.2 Å². The lowest BCUT2D eigenvalue weighted by Crippen LogP contribution is -2.37. The number of hydroxylamine groups is 2. The van der Waals surface area contributed by atoms with Crippen molar-refractivity contribution < 1.29 is 27.3 Å². The molecule has 6 nitrogen and oxygen atoms in total. The highest BCUT2D eigenvalue weighted by atomic mass is 19.4. The molecule has 1 aliphatic rings. The van der Waals surface area contributed by atoms with E-state index in [-0.39, 0.29) is 24.2 Å². The van der Waals surface area contributed by atoms with Gasteiger partial charge in [0.2, 0.25) is 11.7 Å². The van der Waals surface area contributed by atoms with Crippen molar-refractivity contribution in [2.45, 2.75) is 32.0 Å². The first-order chi connectivity index (χ1) is 11.9. The lowest BCUT2D eigenvalue weighted by Gasteiger charge is -2.29. The molecule has 1 aromatic carbocycles. The van der Waals surface area contributed by atoms with Crippen LogP contribution in [-0.2, 0) is 22.4 Å². The van der Waals surface area contributed by atoms with Crippen LogP contribution in [0.2, 0.25) is 0 Å². The van der Waals surface area contributed by atoms with Gasteiger partial charge >= 0.3 is 12.1 Å². The standard InChI is InChI=1S/C16H16F3N3O3/c1-24-22(14(23)12-3-2-4-12)9-10-5-7-11(8-6-10)13-20-15(25-21-13)16(17,18)19/h5-8,12H,2-4,9H2,1H3. The maximum Gasteiger partial charge on any atom is 0.471 e. The summed E-state index contributed by atoms with van der Waals surface area (Å²) in [6.07, 6.45) is -1.88. The molecule has 0 unspecified atom stereocenters. The number of hydrogen-bond acceptors (Lipinski definition) is 5. The van der Waals surface area contributed by atoms with Gasteiger partial charge in [0.1, 0.15) is 0 Å². The highest BCUT2D eigenvalue weighted by Gasteiger charge is 2.38. The number of rotatable bonds is 5. The number of carbonyl (C=O) groups excluding carboxylic acids is 1. The summed E-state index contributed by atoms with van der Waals surface area (Å²) in [5.41, 5.74) is 1.16. The van der Waals surface area contributed by atoms with Crippen molar-refractivity contribution in [2.75, 3.05) is 7.11 Å². The van der Waals surface area contributed by atoms with E-state index in [2.05, 4.69) is 14.7 Å². The number of nitrogens with zero attached hydrogens (tertiary/aromatic N) is 3. The van der Waals surface area contributed by atoms with Gasteiger partial charge in [0, 0.05) is 11.5 Å². The second-order valence-electron chi connectivity index (χ2n) is 5.80. The number of alkyl halides is 3. The fourth-order valence-electron chi connectivity index (χ4n) is 2.47.